The Labute approximate surface area is 882 Å². The fourth-order valence-electron chi connectivity index (χ4n) is 14.9. The molecule has 3 aromatic heterocycles. The normalized spacial score (nSPS) is 15.7. The summed E-state index contributed by atoms with van der Waals surface area (Å²) in [4.78, 5) is 157. The van der Waals surface area contributed by atoms with Crippen LogP contribution in [0.1, 0.15) is 288 Å². The van der Waals surface area contributed by atoms with Gasteiger partial charge in [0.05, 0.1) is 45.4 Å². The Balaban J connectivity index is 0.000000243. The number of primary amides is 3. The van der Waals surface area contributed by atoms with Gasteiger partial charge in [-0.05, 0) is 286 Å². The summed E-state index contributed by atoms with van der Waals surface area (Å²) in [5, 5.41) is 47.3. The zero-order valence-corrected chi connectivity index (χ0v) is 90.3. The van der Waals surface area contributed by atoms with Crippen molar-refractivity contribution in [3.05, 3.63) is 225 Å². The van der Waals surface area contributed by atoms with E-state index in [0.29, 0.717) is 160 Å². The number of carbonyl (C=O) groups is 12. The van der Waals surface area contributed by atoms with Gasteiger partial charge in [0.25, 0.3) is 41.4 Å². The number of halogens is 6. The predicted octanol–water partition coefficient (Wildman–Crippen LogP) is 17.3. The smallest absolute Gasteiger partial charge is 0.410 e. The number of aromatic carboxylic acids is 1. The maximum Gasteiger partial charge on any atom is 0.410 e. The minimum atomic E-state index is -1.33. The van der Waals surface area contributed by atoms with Gasteiger partial charge in [0, 0.05) is 118 Å². The molecule has 5 saturated heterocycles. The summed E-state index contributed by atoms with van der Waals surface area (Å²) in [6.45, 7) is 40.9. The van der Waals surface area contributed by atoms with Gasteiger partial charge in [-0.3, -0.25) is 33.6 Å². The Hall–Kier alpha value is -12.8. The Kier molecular flexibility index (Phi) is 47.3. The van der Waals surface area contributed by atoms with E-state index in [2.05, 4.69) is 10.6 Å². The number of nitrogens with one attached hydrogen (secondary N) is 2. The number of aliphatic hydroxyl groups is 2. The summed E-state index contributed by atoms with van der Waals surface area (Å²) in [5.41, 5.74) is 15.7. The molecule has 44 heteroatoms. The molecule has 5 aromatic carbocycles. The van der Waals surface area contributed by atoms with Crippen LogP contribution in [-0.4, -0.2) is 285 Å². The quantitative estimate of drug-likeness (QED) is 0.0232. The van der Waals surface area contributed by atoms with Gasteiger partial charge in [0.15, 0.2) is 0 Å². The van der Waals surface area contributed by atoms with Crippen LogP contribution >= 0.6 is 45.6 Å². The van der Waals surface area contributed by atoms with Gasteiger partial charge in [-0.25, -0.2) is 45.9 Å². The van der Waals surface area contributed by atoms with Crippen LogP contribution < -0.4 is 37.3 Å². The van der Waals surface area contributed by atoms with E-state index in [9.17, 15) is 84.6 Å². The Morgan fingerprint density at radius 3 is 0.879 bits per heavy atom. The molecule has 0 aliphatic carbocycles. The van der Waals surface area contributed by atoms with Crippen LogP contribution in [0.25, 0.3) is 0 Å². The number of alkyl halides is 1. The summed E-state index contributed by atoms with van der Waals surface area (Å²) in [6.07, 6.45) is -0.438. The summed E-state index contributed by atoms with van der Waals surface area (Å²) in [5.74, 6) is -7.13. The van der Waals surface area contributed by atoms with E-state index in [0.717, 1.165) is 69.0 Å². The van der Waals surface area contributed by atoms with Crippen molar-refractivity contribution in [2.24, 2.45) is 17.2 Å². The average molecular weight is 2160 g/mol. The highest BCUT2D eigenvalue weighted by molar-refractivity contribution is 7.13. The second kappa shape index (κ2) is 57.3. The third-order valence-electron chi connectivity index (χ3n) is 22.6. The van der Waals surface area contributed by atoms with E-state index in [-0.39, 0.29) is 62.7 Å². The summed E-state index contributed by atoms with van der Waals surface area (Å²) >= 11 is 9.55. The molecule has 0 saturated carbocycles. The molecule has 35 nitrogen and oxygen atoms in total. The SMILES string of the molecule is CC(C)(C)OC(=O)N1CCCNCC1.CC(Cl)c1ccc(F)c(C(=O)N2CCCN(C(=O)OC(C)(C)C)CC2)c1.CC(O)c1ccc(F)c(C(=O)N2CCCN(C(=O)OC(C)(C)C)CC2)c1.CC(O)c1ccc(F)c(C(=O)O)c1.CC(Oc1ccsc1C(N)=O)c1ccc(F)c(C(=O)N2CCCN(C(=O)OC(C)(C)C)CC2)c1.CC(Oc1ccsc1C(N)=O)c1ccc(F)c(C(=O)N2CCCNCC2)c1.NC(=O)c1sccc1O. The van der Waals surface area contributed by atoms with Gasteiger partial charge in [-0.2, -0.15) is 0 Å². The molecule has 13 rings (SSSR count). The van der Waals surface area contributed by atoms with E-state index < -0.39 is 135 Å². The molecule has 5 aliphatic rings. The number of hydrogen-bond donors (Lipinski definition) is 9. The van der Waals surface area contributed by atoms with Crippen molar-refractivity contribution in [1.29, 1.82) is 0 Å². The second-order valence-electron chi connectivity index (χ2n) is 39.3. The lowest BCUT2D eigenvalue weighted by Gasteiger charge is -2.26. The maximum absolute atomic E-state index is 14.6. The number of rotatable bonds is 17. The van der Waals surface area contributed by atoms with Gasteiger partial charge in [0.2, 0.25) is 0 Å². The number of benzene rings is 5. The zero-order valence-electron chi connectivity index (χ0n) is 87.1. The Morgan fingerprint density at radius 1 is 0.336 bits per heavy atom. The molecule has 8 heterocycles. The summed E-state index contributed by atoms with van der Waals surface area (Å²) in [6, 6.07) is 25.3. The average Bonchev–Trinajstić information content (AvgIpc) is 0.949. The molecule has 0 bridgehead atoms. The van der Waals surface area contributed by atoms with Crippen molar-refractivity contribution in [1.82, 2.24) is 49.8 Å². The van der Waals surface area contributed by atoms with Gasteiger partial charge >= 0.3 is 30.3 Å². The number of hydrogen-bond acceptors (Lipinski definition) is 26. The van der Waals surface area contributed by atoms with Crippen LogP contribution in [0.3, 0.4) is 0 Å². The van der Waals surface area contributed by atoms with Crippen LogP contribution in [0.5, 0.6) is 17.2 Å². The van der Waals surface area contributed by atoms with Gasteiger partial charge in [-0.1, -0.05) is 30.3 Å². The van der Waals surface area contributed by atoms with Crippen LogP contribution in [-0.2, 0) is 18.9 Å². The topological polar surface area (TPSA) is 469 Å². The molecule has 5 fully saturated rings. The van der Waals surface area contributed by atoms with E-state index in [1.54, 1.807) is 150 Å². The third-order valence-corrected chi connectivity index (χ3v) is 25.6. The minimum Gasteiger partial charge on any atom is -0.506 e. The number of carboxylic acids is 1. The van der Waals surface area contributed by atoms with E-state index in [1.165, 1.54) is 101 Å². The van der Waals surface area contributed by atoms with Gasteiger partial charge in [0.1, 0.15) is 95.6 Å². The van der Waals surface area contributed by atoms with Gasteiger partial charge in [-0.15, -0.1) is 45.6 Å². The fourth-order valence-corrected chi connectivity index (χ4v) is 17.1. The molecule has 0 radical (unpaired) electrons. The Morgan fingerprint density at radius 2 is 0.584 bits per heavy atom. The first-order valence-electron chi connectivity index (χ1n) is 48.7. The molecular weight excluding hydrogens is 2020 g/mol. The molecule has 11 amide bonds. The zero-order chi connectivity index (χ0) is 111. The Bertz CT molecular complexity index is 5750. The second-order valence-corrected chi connectivity index (χ2v) is 42.7. The monoisotopic (exact) mass is 2160 g/mol. The number of nitrogens with two attached hydrogens (primary N) is 3. The van der Waals surface area contributed by atoms with Crippen LogP contribution in [0.2, 0.25) is 0 Å². The number of ether oxygens (including phenoxy) is 6. The van der Waals surface area contributed by atoms with Crippen molar-refractivity contribution >= 4 is 117 Å². The lowest BCUT2D eigenvalue weighted by molar-refractivity contribution is 0.0246. The lowest BCUT2D eigenvalue weighted by atomic mass is 10.0. The van der Waals surface area contributed by atoms with E-state index in [4.69, 9.17) is 72.5 Å². The van der Waals surface area contributed by atoms with Crippen molar-refractivity contribution in [2.45, 2.75) is 202 Å². The number of carbonyl (C=O) groups excluding carboxylic acids is 11. The molecule has 5 atom stereocenters. The first-order valence-corrected chi connectivity index (χ1v) is 51.7. The fraction of sp³-hybridized carbons (Fsp3) is 0.486. The molecule has 816 valence electrons. The lowest BCUT2D eigenvalue weighted by Crippen LogP contribution is -2.40. The molecule has 0 spiro atoms. The highest BCUT2D eigenvalue weighted by Crippen LogP contribution is 2.35. The molecule has 12 N–H and O–H groups in total. The molecule has 5 unspecified atom stereocenters. The number of amides is 11. The van der Waals surface area contributed by atoms with Crippen LogP contribution in [0, 0.1) is 29.1 Å². The van der Waals surface area contributed by atoms with E-state index in [1.807, 2.05) is 41.5 Å². The first-order chi connectivity index (χ1) is 69.8. The molecule has 8 aromatic rings. The highest BCUT2D eigenvalue weighted by Gasteiger charge is 2.35. The predicted molar refractivity (Wildman–Crippen MR) is 556 cm³/mol. The van der Waals surface area contributed by atoms with Crippen LogP contribution in [0.4, 0.5) is 41.1 Å². The van der Waals surface area contributed by atoms with E-state index >= 15 is 0 Å². The summed E-state index contributed by atoms with van der Waals surface area (Å²) in [7, 11) is 0. The number of thiophene rings is 3. The van der Waals surface area contributed by atoms with Gasteiger partial charge < -0.3 is 116 Å². The largest absolute Gasteiger partial charge is 0.506 e. The molecule has 149 heavy (non-hydrogen) atoms. The van der Waals surface area contributed by atoms with Crippen LogP contribution in [0.15, 0.2) is 125 Å². The van der Waals surface area contributed by atoms with Crippen molar-refractivity contribution in [3.8, 4) is 17.2 Å². The molecule has 5 aliphatic heterocycles. The van der Waals surface area contributed by atoms with Crippen molar-refractivity contribution in [2.75, 3.05) is 131 Å². The molecular formula is C105H139ClF5N13O22S3. The third kappa shape index (κ3) is 39.9. The number of carboxylic acid groups (broad SMARTS) is 1. The number of nitrogens with zero attached hydrogens (tertiary/aromatic N) is 8. The number of aromatic hydroxyl groups is 1. The van der Waals surface area contributed by atoms with Crippen molar-refractivity contribution in [3.63, 3.8) is 0 Å². The standard InChI is InChI=1S/C24H30FN3O5S.C19H26ClFN2O3.C19H22FN3O3S.C19H27FN2O4.C10H20N2O2.C9H9FO3.C5H5NO2S/c1-15(32-19-8-13-34-20(19)21(26)29)16-6-7-18(25)17(14-16)22(30)27-9-5-10-28(12-11-27)23(31)33-24(2,3)4;1-13(20)14-6-7-16(21)15(12-14)17(24)22-8-5-9-23(11-10-22)18(25)26-19(2,3)4;1-12(26-16-5-10-27-17(16)18(21)24)13-3-4-15(20)14(11-13)19(25)23-8-2-6-22-7-9-23;1-13(23)14-6-7-16(20)15(12-14)17(24)21-8-5-9-22(11-10-21)18(25)26-19(2,3)4;1-10(2,3)14-9(13)12-7-4-5-11-6-8-12;1-5(11)6-2-3-8(10)7(4-6)9(12)13;6-5(8)4-3(7)1-2-9-4/h6-8,13-15H,5,9-12H2,1-4H3,(H2,26,29);6-7,12-13H,5,8-11H2,1-4H3;3-5,10-12,22H,2,6-9H2,1H3,(H2,21,24);6-7,12-13,23H,5,8-11H2,1-4H3;11H,4-8H2,1-3H3;2-5,11H,1H3,(H,12,13);1-2,7H,(H2,6,8). The summed E-state index contributed by atoms with van der Waals surface area (Å²) < 4.78 is 103. The maximum atomic E-state index is 14.6. The number of aliphatic hydroxyl groups excluding tert-OH is 2. The first kappa shape index (κ1) is 123. The van der Waals surface area contributed by atoms with Crippen molar-refractivity contribution < 1.29 is 128 Å². The minimum absolute atomic E-state index is 0.0146. The highest BCUT2D eigenvalue weighted by atomic mass is 35.5.